The summed E-state index contributed by atoms with van der Waals surface area (Å²) in [5, 5.41) is 9.87. The molecule has 30 heavy (non-hydrogen) atoms. The minimum absolute atomic E-state index is 0.121. The molecule has 0 radical (unpaired) electrons. The third-order valence-corrected chi connectivity index (χ3v) is 6.53. The minimum atomic E-state index is -1.94. The van der Waals surface area contributed by atoms with Crippen molar-refractivity contribution in [3.05, 3.63) is 58.6 Å². The van der Waals surface area contributed by atoms with E-state index in [1.807, 2.05) is 6.08 Å². The van der Waals surface area contributed by atoms with Crippen molar-refractivity contribution in [2.24, 2.45) is 17.1 Å². The van der Waals surface area contributed by atoms with Gasteiger partial charge in [0.25, 0.3) is 11.8 Å². The number of allylic oxidation sites excluding steroid dienone is 3. The molecule has 0 saturated carbocycles. The van der Waals surface area contributed by atoms with Crippen LogP contribution in [0.2, 0.25) is 0 Å². The van der Waals surface area contributed by atoms with E-state index in [1.54, 1.807) is 0 Å². The van der Waals surface area contributed by atoms with Crippen molar-refractivity contribution in [2.45, 2.75) is 25.2 Å². The van der Waals surface area contributed by atoms with E-state index >= 15 is 0 Å². The third kappa shape index (κ3) is 2.38. The second-order valence-electron chi connectivity index (χ2n) is 7.95. The molecule has 2 atom stereocenters. The van der Waals surface area contributed by atoms with Gasteiger partial charge >= 0.3 is 6.03 Å². The average molecular weight is 408 g/mol. The summed E-state index contributed by atoms with van der Waals surface area (Å²) >= 11 is 0. The van der Waals surface area contributed by atoms with E-state index in [0.29, 0.717) is 17.6 Å². The first kappa shape index (κ1) is 19.8. The van der Waals surface area contributed by atoms with E-state index < -0.39 is 35.0 Å². The van der Waals surface area contributed by atoms with Crippen LogP contribution in [0.3, 0.4) is 0 Å². The van der Waals surface area contributed by atoms with Crippen molar-refractivity contribution in [1.82, 2.24) is 9.80 Å². The highest BCUT2D eigenvalue weighted by molar-refractivity contribution is 6.21. The molecule has 1 fully saturated rings. The number of benzene rings is 1. The van der Waals surface area contributed by atoms with Gasteiger partial charge < -0.3 is 5.73 Å². The highest BCUT2D eigenvalue weighted by Gasteiger charge is 2.66. The molecule has 1 saturated heterocycles. The molecule has 2 N–H and O–H groups in total. The zero-order chi connectivity index (χ0) is 21.8. The predicted molar refractivity (Wildman–Crippen MR) is 105 cm³/mol. The van der Waals surface area contributed by atoms with Gasteiger partial charge in [-0.15, -0.1) is 0 Å². The lowest BCUT2D eigenvalue weighted by molar-refractivity contribution is -0.157. The molecule has 4 rings (SSSR count). The summed E-state index contributed by atoms with van der Waals surface area (Å²) in [5.41, 5.74) is 5.75. The Morgan fingerprint density at radius 2 is 1.73 bits per heavy atom. The highest BCUT2D eigenvalue weighted by Crippen LogP contribution is 2.58. The number of urea groups is 1. The lowest BCUT2D eigenvalue weighted by Crippen LogP contribution is -2.68. The van der Waals surface area contributed by atoms with Crippen LogP contribution >= 0.6 is 0 Å². The van der Waals surface area contributed by atoms with Gasteiger partial charge in [-0.1, -0.05) is 18.2 Å². The maximum absolute atomic E-state index is 13.7. The van der Waals surface area contributed by atoms with Gasteiger partial charge in [0.2, 0.25) is 0 Å². The van der Waals surface area contributed by atoms with Crippen LogP contribution in [0.5, 0.6) is 0 Å². The van der Waals surface area contributed by atoms with Gasteiger partial charge in [0.1, 0.15) is 11.9 Å². The number of amides is 4. The van der Waals surface area contributed by atoms with E-state index in [9.17, 15) is 24.0 Å². The number of barbiturate groups is 1. The molecule has 1 spiro atoms. The Kier molecular flexibility index (Phi) is 4.49. The largest absolute Gasteiger partial charge is 0.400 e. The van der Waals surface area contributed by atoms with E-state index in [1.165, 1.54) is 38.4 Å². The molecule has 1 aliphatic heterocycles. The number of nitrogens with zero attached hydrogens (tertiary/aromatic N) is 3. The number of hydrogen-bond donors (Lipinski definition) is 1. The minimum Gasteiger partial charge on any atom is -0.400 e. The van der Waals surface area contributed by atoms with Crippen LogP contribution in [0.4, 0.5) is 9.18 Å². The lowest BCUT2D eigenvalue weighted by Gasteiger charge is -2.52. The van der Waals surface area contributed by atoms with Crippen LogP contribution in [-0.2, 0) is 9.59 Å². The van der Waals surface area contributed by atoms with Crippen molar-refractivity contribution >= 4 is 17.8 Å². The molecule has 2 unspecified atom stereocenters. The van der Waals surface area contributed by atoms with Gasteiger partial charge in [-0.2, -0.15) is 5.26 Å². The summed E-state index contributed by atoms with van der Waals surface area (Å²) in [6.07, 6.45) is 4.14. The number of nitriles is 1. The number of carbonyl (C=O) groups excluding carboxylic acids is 3. The van der Waals surface area contributed by atoms with E-state index in [2.05, 4.69) is 6.07 Å². The Labute approximate surface area is 173 Å². The van der Waals surface area contributed by atoms with Crippen LogP contribution in [0.25, 0.3) is 0 Å². The van der Waals surface area contributed by atoms with Crippen molar-refractivity contribution < 1.29 is 18.8 Å². The van der Waals surface area contributed by atoms with Gasteiger partial charge in [0.05, 0.1) is 11.3 Å². The Balaban J connectivity index is 2.10. The Morgan fingerprint density at radius 3 is 2.30 bits per heavy atom. The molecule has 1 aromatic carbocycles. The number of imide groups is 2. The maximum atomic E-state index is 13.7. The molecule has 0 bridgehead atoms. The number of hydrogen-bond acceptors (Lipinski definition) is 5. The molecule has 1 aromatic rings. The molecule has 0 aromatic heterocycles. The van der Waals surface area contributed by atoms with Gasteiger partial charge in [-0.25, -0.2) is 9.18 Å². The predicted octanol–water partition coefficient (Wildman–Crippen LogP) is 2.42. The van der Waals surface area contributed by atoms with Crippen LogP contribution in [0, 0.1) is 28.5 Å². The van der Waals surface area contributed by atoms with E-state index in [4.69, 9.17) is 5.73 Å². The van der Waals surface area contributed by atoms with Crippen molar-refractivity contribution in [3.8, 4) is 6.07 Å². The number of fused-ring (bicyclic) bond motifs is 1. The van der Waals surface area contributed by atoms with Gasteiger partial charge in [-0.05, 0) is 48.4 Å². The standard InChI is InChI=1S/C22H21FN4O3/c1-26-19(28)22(20(29)27(2)21(26)30)17(12-7-9-13(23)10-8-12)15-6-4-3-5-14(15)16(11-24)18(22)25/h5,7-10,15,17H,3-4,6,25H2,1-2H3. The van der Waals surface area contributed by atoms with Crippen molar-refractivity contribution in [2.75, 3.05) is 14.1 Å². The molecule has 3 aliphatic rings. The third-order valence-electron chi connectivity index (χ3n) is 6.53. The Bertz CT molecular complexity index is 1040. The van der Waals surface area contributed by atoms with Crippen LogP contribution in [0.1, 0.15) is 30.7 Å². The fourth-order valence-corrected chi connectivity index (χ4v) is 5.15. The van der Waals surface area contributed by atoms with Crippen molar-refractivity contribution in [3.63, 3.8) is 0 Å². The average Bonchev–Trinajstić information content (AvgIpc) is 2.76. The van der Waals surface area contributed by atoms with E-state index in [-0.39, 0.29) is 17.2 Å². The summed E-state index contributed by atoms with van der Waals surface area (Å²) in [6, 6.07) is 6.94. The van der Waals surface area contributed by atoms with Gasteiger partial charge in [-0.3, -0.25) is 19.4 Å². The van der Waals surface area contributed by atoms with Crippen LogP contribution in [-0.4, -0.2) is 41.7 Å². The van der Waals surface area contributed by atoms with Gasteiger partial charge in [0.15, 0.2) is 5.41 Å². The van der Waals surface area contributed by atoms with Crippen molar-refractivity contribution in [1.29, 1.82) is 5.26 Å². The fraction of sp³-hybridized carbons (Fsp3) is 0.364. The molecule has 1 heterocycles. The number of carbonyl (C=O) groups is 3. The first-order valence-corrected chi connectivity index (χ1v) is 9.73. The second kappa shape index (κ2) is 6.80. The first-order chi connectivity index (χ1) is 14.3. The van der Waals surface area contributed by atoms with E-state index in [0.717, 1.165) is 22.6 Å². The number of rotatable bonds is 1. The fourth-order valence-electron chi connectivity index (χ4n) is 5.15. The molecule has 8 heteroatoms. The summed E-state index contributed by atoms with van der Waals surface area (Å²) < 4.78 is 13.7. The zero-order valence-electron chi connectivity index (χ0n) is 16.7. The Morgan fingerprint density at radius 1 is 1.13 bits per heavy atom. The monoisotopic (exact) mass is 408 g/mol. The SMILES string of the molecule is CN1C(=O)N(C)C(=O)C2(C1=O)C(N)=C(C#N)C1=CCCCC1C2c1ccc(F)cc1. The van der Waals surface area contributed by atoms with Crippen LogP contribution < -0.4 is 5.73 Å². The quantitative estimate of drug-likeness (QED) is 0.718. The topological polar surface area (TPSA) is 108 Å². The first-order valence-electron chi connectivity index (χ1n) is 9.73. The molecule has 7 nitrogen and oxygen atoms in total. The molecular weight excluding hydrogens is 387 g/mol. The molecule has 2 aliphatic carbocycles. The summed E-state index contributed by atoms with van der Waals surface area (Å²) in [4.78, 5) is 41.4. The normalized spacial score (nSPS) is 25.9. The highest BCUT2D eigenvalue weighted by atomic mass is 19.1. The second-order valence-corrected chi connectivity index (χ2v) is 7.95. The molecular formula is C22H21FN4O3. The lowest BCUT2D eigenvalue weighted by atomic mass is 9.54. The maximum Gasteiger partial charge on any atom is 0.332 e. The zero-order valence-corrected chi connectivity index (χ0v) is 16.7. The Hall–Kier alpha value is -3.47. The van der Waals surface area contributed by atoms with Crippen LogP contribution in [0.15, 0.2) is 47.2 Å². The molecule has 4 amide bonds. The number of halogens is 1. The summed E-state index contributed by atoms with van der Waals surface area (Å²) in [6.45, 7) is 0. The summed E-state index contributed by atoms with van der Waals surface area (Å²) in [5.74, 6) is -3.08. The summed E-state index contributed by atoms with van der Waals surface area (Å²) in [7, 11) is 2.59. The number of nitrogens with two attached hydrogens (primary N) is 1. The smallest absolute Gasteiger partial charge is 0.332 e. The molecule has 154 valence electrons. The van der Waals surface area contributed by atoms with Gasteiger partial charge in [0, 0.05) is 20.0 Å².